The summed E-state index contributed by atoms with van der Waals surface area (Å²) in [5.74, 6) is -2.76. The van der Waals surface area contributed by atoms with Crippen LogP contribution >= 0.6 is 0 Å². The van der Waals surface area contributed by atoms with Gasteiger partial charge in [0, 0.05) is 5.56 Å². The lowest BCUT2D eigenvalue weighted by Crippen LogP contribution is -1.87. The number of aromatic hydroxyl groups is 2. The molecule has 0 unspecified atom stereocenters. The van der Waals surface area contributed by atoms with Crippen LogP contribution in [0.5, 0.6) is 11.5 Å². The summed E-state index contributed by atoms with van der Waals surface area (Å²) < 4.78 is 31.0. The predicted octanol–water partition coefficient (Wildman–Crippen LogP) is 3.09. The van der Waals surface area contributed by atoms with Crippen molar-refractivity contribution in [1.29, 1.82) is 0 Å². The number of benzene rings is 2. The second kappa shape index (κ2) is 4.86. The second-order valence-corrected chi connectivity index (χ2v) is 4.23. The molecule has 0 aliphatic heterocycles. The highest BCUT2D eigenvalue weighted by Crippen LogP contribution is 2.35. The molecule has 7 heteroatoms. The largest absolute Gasteiger partial charge is 0.504 e. The third kappa shape index (κ3) is 2.29. The van der Waals surface area contributed by atoms with Crippen molar-refractivity contribution in [3.63, 3.8) is 0 Å². The first-order valence-electron chi connectivity index (χ1n) is 5.86. The number of para-hydroxylation sites is 1. The maximum absolute atomic E-state index is 13.2. The van der Waals surface area contributed by atoms with Gasteiger partial charge in [-0.05, 0) is 30.3 Å². The van der Waals surface area contributed by atoms with Gasteiger partial charge in [0.25, 0.3) is 5.89 Å². The molecule has 0 bridgehead atoms. The van der Waals surface area contributed by atoms with Crippen LogP contribution in [0, 0.1) is 11.6 Å². The molecule has 5 nitrogen and oxygen atoms in total. The van der Waals surface area contributed by atoms with Crippen molar-refractivity contribution in [1.82, 2.24) is 10.1 Å². The minimum Gasteiger partial charge on any atom is -0.504 e. The molecular formula is C14H8F2N2O3. The average Bonchev–Trinajstić information content (AvgIpc) is 2.94. The van der Waals surface area contributed by atoms with E-state index in [0.717, 1.165) is 12.1 Å². The van der Waals surface area contributed by atoms with Gasteiger partial charge in [0.1, 0.15) is 0 Å². The van der Waals surface area contributed by atoms with E-state index in [9.17, 15) is 19.0 Å². The topological polar surface area (TPSA) is 79.4 Å². The first-order chi connectivity index (χ1) is 10.1. The minimum absolute atomic E-state index is 0.0339. The molecule has 0 fully saturated rings. The van der Waals surface area contributed by atoms with E-state index in [4.69, 9.17) is 4.52 Å². The molecule has 0 atom stereocenters. The van der Waals surface area contributed by atoms with Crippen molar-refractivity contribution in [3.05, 3.63) is 48.0 Å². The van der Waals surface area contributed by atoms with Crippen molar-refractivity contribution in [3.8, 4) is 34.3 Å². The van der Waals surface area contributed by atoms with E-state index >= 15 is 0 Å². The maximum Gasteiger partial charge on any atom is 0.262 e. The molecule has 0 aliphatic rings. The lowest BCUT2D eigenvalue weighted by atomic mass is 10.2. The minimum atomic E-state index is -1.03. The Balaban J connectivity index is 2.03. The number of phenolic OH excluding ortho intramolecular Hbond substituents is 2. The Morgan fingerprint density at radius 3 is 2.57 bits per heavy atom. The van der Waals surface area contributed by atoms with E-state index in [1.807, 2.05) is 0 Å². The van der Waals surface area contributed by atoms with Crippen molar-refractivity contribution in [2.24, 2.45) is 0 Å². The zero-order valence-corrected chi connectivity index (χ0v) is 10.4. The van der Waals surface area contributed by atoms with Crippen LogP contribution in [0.2, 0.25) is 0 Å². The Kier molecular flexibility index (Phi) is 3.02. The zero-order valence-electron chi connectivity index (χ0n) is 10.4. The Morgan fingerprint density at radius 1 is 1.00 bits per heavy atom. The van der Waals surface area contributed by atoms with E-state index in [2.05, 4.69) is 10.1 Å². The van der Waals surface area contributed by atoms with Gasteiger partial charge in [0.2, 0.25) is 5.82 Å². The highest BCUT2D eigenvalue weighted by atomic mass is 19.2. The smallest absolute Gasteiger partial charge is 0.262 e. The van der Waals surface area contributed by atoms with E-state index < -0.39 is 17.4 Å². The van der Waals surface area contributed by atoms with Crippen LogP contribution < -0.4 is 0 Å². The van der Waals surface area contributed by atoms with Crippen molar-refractivity contribution in [2.45, 2.75) is 0 Å². The third-order valence-corrected chi connectivity index (χ3v) is 2.85. The Labute approximate surface area is 117 Å². The van der Waals surface area contributed by atoms with Crippen molar-refractivity contribution < 1.29 is 23.5 Å². The maximum atomic E-state index is 13.2. The van der Waals surface area contributed by atoms with Crippen LogP contribution in [0.3, 0.4) is 0 Å². The van der Waals surface area contributed by atoms with Gasteiger partial charge >= 0.3 is 0 Å². The number of rotatable bonds is 2. The molecule has 3 aromatic rings. The summed E-state index contributed by atoms with van der Waals surface area (Å²) >= 11 is 0. The van der Waals surface area contributed by atoms with Gasteiger partial charge in [-0.2, -0.15) is 4.98 Å². The number of hydrogen-bond donors (Lipinski definition) is 2. The fourth-order valence-electron chi connectivity index (χ4n) is 1.79. The van der Waals surface area contributed by atoms with Gasteiger partial charge in [-0.15, -0.1) is 0 Å². The van der Waals surface area contributed by atoms with E-state index in [0.29, 0.717) is 0 Å². The molecule has 0 radical (unpaired) electrons. The molecule has 0 amide bonds. The van der Waals surface area contributed by atoms with E-state index in [-0.39, 0.29) is 28.6 Å². The lowest BCUT2D eigenvalue weighted by molar-refractivity contribution is 0.397. The molecule has 0 saturated heterocycles. The summed E-state index contributed by atoms with van der Waals surface area (Å²) in [6.07, 6.45) is 0. The number of phenols is 2. The molecule has 0 aliphatic carbocycles. The summed E-state index contributed by atoms with van der Waals surface area (Å²) in [6, 6.07) is 7.45. The number of hydrogen-bond acceptors (Lipinski definition) is 5. The van der Waals surface area contributed by atoms with Crippen LogP contribution in [-0.2, 0) is 0 Å². The monoisotopic (exact) mass is 290 g/mol. The van der Waals surface area contributed by atoms with Crippen LogP contribution in [0.25, 0.3) is 22.8 Å². The standard InChI is InChI=1S/C14H8F2N2O3/c15-9-5-4-7(6-10(9)16)13-17-14(21-18-13)8-2-1-3-11(19)12(8)20/h1-6,19-20H. The van der Waals surface area contributed by atoms with Crippen molar-refractivity contribution >= 4 is 0 Å². The molecule has 1 heterocycles. The van der Waals surface area contributed by atoms with Crippen molar-refractivity contribution in [2.75, 3.05) is 0 Å². The fourth-order valence-corrected chi connectivity index (χ4v) is 1.79. The van der Waals surface area contributed by atoms with Crippen LogP contribution in [0.4, 0.5) is 8.78 Å². The molecule has 2 aromatic carbocycles. The highest BCUT2D eigenvalue weighted by molar-refractivity contribution is 5.68. The molecule has 0 spiro atoms. The van der Waals surface area contributed by atoms with Gasteiger partial charge < -0.3 is 14.7 Å². The van der Waals surface area contributed by atoms with Gasteiger partial charge in [-0.25, -0.2) is 8.78 Å². The van der Waals surface area contributed by atoms with Crippen LogP contribution in [0.1, 0.15) is 0 Å². The summed E-state index contributed by atoms with van der Waals surface area (Å²) in [7, 11) is 0. The number of nitrogens with zero attached hydrogens (tertiary/aromatic N) is 2. The summed E-state index contributed by atoms with van der Waals surface area (Å²) in [6.45, 7) is 0. The lowest BCUT2D eigenvalue weighted by Gasteiger charge is -2.00. The molecule has 2 N–H and O–H groups in total. The van der Waals surface area contributed by atoms with Crippen LogP contribution in [-0.4, -0.2) is 20.4 Å². The molecule has 21 heavy (non-hydrogen) atoms. The number of aromatic nitrogens is 2. The highest BCUT2D eigenvalue weighted by Gasteiger charge is 2.16. The zero-order chi connectivity index (χ0) is 15.0. The van der Waals surface area contributed by atoms with E-state index in [1.54, 1.807) is 0 Å². The van der Waals surface area contributed by atoms with Gasteiger partial charge in [0.15, 0.2) is 23.1 Å². The summed E-state index contributed by atoms with van der Waals surface area (Å²) in [5, 5.41) is 22.8. The van der Waals surface area contributed by atoms with Gasteiger partial charge in [-0.1, -0.05) is 11.2 Å². The van der Waals surface area contributed by atoms with Gasteiger partial charge in [-0.3, -0.25) is 0 Å². The average molecular weight is 290 g/mol. The first kappa shape index (κ1) is 13.0. The Bertz CT molecular complexity index is 818. The molecule has 3 rings (SSSR count). The summed E-state index contributed by atoms with van der Waals surface area (Å²) in [5.41, 5.74) is 0.361. The van der Waals surface area contributed by atoms with Crippen LogP contribution in [0.15, 0.2) is 40.9 Å². The first-order valence-corrected chi connectivity index (χ1v) is 5.86. The molecular weight excluding hydrogens is 282 g/mol. The Hall–Kier alpha value is -2.96. The second-order valence-electron chi connectivity index (χ2n) is 4.23. The normalized spacial score (nSPS) is 10.8. The van der Waals surface area contributed by atoms with E-state index in [1.165, 1.54) is 24.3 Å². The fraction of sp³-hybridized carbons (Fsp3) is 0. The molecule has 1 aromatic heterocycles. The molecule has 106 valence electrons. The van der Waals surface area contributed by atoms with Gasteiger partial charge in [0.05, 0.1) is 5.56 Å². The molecule has 0 saturated carbocycles. The predicted molar refractivity (Wildman–Crippen MR) is 68.4 cm³/mol. The number of halogens is 2. The SMILES string of the molecule is Oc1cccc(-c2nc(-c3ccc(F)c(F)c3)no2)c1O. The quantitative estimate of drug-likeness (QED) is 0.709. The Morgan fingerprint density at radius 2 is 1.81 bits per heavy atom. The third-order valence-electron chi connectivity index (χ3n) is 2.85. The summed E-state index contributed by atoms with van der Waals surface area (Å²) in [4.78, 5) is 3.99.